The highest BCUT2D eigenvalue weighted by Crippen LogP contribution is 2.20. The number of carboxylic acids is 1. The predicted molar refractivity (Wildman–Crippen MR) is 86.8 cm³/mol. The summed E-state index contributed by atoms with van der Waals surface area (Å²) >= 11 is 0. The molecule has 1 aromatic heterocycles. The van der Waals surface area contributed by atoms with Crippen molar-refractivity contribution in [1.82, 2.24) is 4.98 Å². The lowest BCUT2D eigenvalue weighted by Gasteiger charge is -2.36. The Hall–Kier alpha value is -2.56. The van der Waals surface area contributed by atoms with Crippen LogP contribution in [0.15, 0.2) is 42.6 Å². The Morgan fingerprint density at radius 2 is 1.82 bits per heavy atom. The monoisotopic (exact) mass is 297 g/mol. The van der Waals surface area contributed by atoms with Gasteiger partial charge < -0.3 is 14.9 Å². The summed E-state index contributed by atoms with van der Waals surface area (Å²) in [4.78, 5) is 19.7. The van der Waals surface area contributed by atoms with Crippen molar-refractivity contribution in [2.75, 3.05) is 36.0 Å². The summed E-state index contributed by atoms with van der Waals surface area (Å²) in [7, 11) is 0. The third-order valence-corrected chi connectivity index (χ3v) is 3.97. The van der Waals surface area contributed by atoms with Gasteiger partial charge in [0.05, 0.1) is 5.56 Å². The van der Waals surface area contributed by atoms with Crippen LogP contribution < -0.4 is 9.80 Å². The molecule has 114 valence electrons. The van der Waals surface area contributed by atoms with E-state index in [4.69, 9.17) is 5.11 Å². The number of benzene rings is 1. The van der Waals surface area contributed by atoms with Gasteiger partial charge in [0.25, 0.3) is 0 Å². The molecule has 22 heavy (non-hydrogen) atoms. The molecule has 0 spiro atoms. The van der Waals surface area contributed by atoms with Gasteiger partial charge in [0.15, 0.2) is 0 Å². The second kappa shape index (κ2) is 6.05. The molecule has 0 atom stereocenters. The third-order valence-electron chi connectivity index (χ3n) is 3.97. The summed E-state index contributed by atoms with van der Waals surface area (Å²) in [5.41, 5.74) is 2.75. The van der Waals surface area contributed by atoms with Gasteiger partial charge in [0, 0.05) is 38.1 Å². The van der Waals surface area contributed by atoms with Gasteiger partial charge in [-0.25, -0.2) is 9.78 Å². The zero-order valence-electron chi connectivity index (χ0n) is 12.6. The number of hydrogen-bond acceptors (Lipinski definition) is 4. The van der Waals surface area contributed by atoms with Crippen LogP contribution in [0.4, 0.5) is 11.5 Å². The number of rotatable bonds is 3. The van der Waals surface area contributed by atoms with E-state index in [0.29, 0.717) is 0 Å². The SMILES string of the molecule is Cc1cccc(N2CCN(c3ccc(C(=O)O)cn3)CC2)c1. The molecule has 1 N–H and O–H groups in total. The van der Waals surface area contributed by atoms with Crippen molar-refractivity contribution in [2.24, 2.45) is 0 Å². The van der Waals surface area contributed by atoms with E-state index in [1.54, 1.807) is 12.1 Å². The molecule has 3 rings (SSSR count). The first kappa shape index (κ1) is 14.4. The topological polar surface area (TPSA) is 56.7 Å². The van der Waals surface area contributed by atoms with Gasteiger partial charge in [-0.2, -0.15) is 0 Å². The van der Waals surface area contributed by atoms with E-state index < -0.39 is 5.97 Å². The highest BCUT2D eigenvalue weighted by atomic mass is 16.4. The fraction of sp³-hybridized carbons (Fsp3) is 0.294. The molecule has 0 saturated carbocycles. The third kappa shape index (κ3) is 3.03. The highest BCUT2D eigenvalue weighted by Gasteiger charge is 2.18. The molecule has 1 saturated heterocycles. The second-order valence-corrected chi connectivity index (χ2v) is 5.52. The van der Waals surface area contributed by atoms with Gasteiger partial charge in [-0.15, -0.1) is 0 Å². The van der Waals surface area contributed by atoms with Gasteiger partial charge in [0.2, 0.25) is 0 Å². The Morgan fingerprint density at radius 3 is 2.41 bits per heavy atom. The Morgan fingerprint density at radius 1 is 1.09 bits per heavy atom. The molecular weight excluding hydrogens is 278 g/mol. The molecule has 1 aliphatic heterocycles. The number of piperazine rings is 1. The standard InChI is InChI=1S/C17H19N3O2/c1-13-3-2-4-15(11-13)19-7-9-20(10-8-19)16-6-5-14(12-18-16)17(21)22/h2-6,11-12H,7-10H2,1H3,(H,21,22). The summed E-state index contributed by atoms with van der Waals surface area (Å²) in [5.74, 6) is -0.0998. The maximum Gasteiger partial charge on any atom is 0.337 e. The van der Waals surface area contributed by atoms with E-state index >= 15 is 0 Å². The van der Waals surface area contributed by atoms with Crippen LogP contribution in [0.1, 0.15) is 15.9 Å². The molecule has 1 aromatic carbocycles. The normalized spacial score (nSPS) is 15.0. The molecule has 0 amide bonds. The van der Waals surface area contributed by atoms with Crippen LogP contribution >= 0.6 is 0 Å². The van der Waals surface area contributed by atoms with Crippen molar-refractivity contribution in [2.45, 2.75) is 6.92 Å². The Kier molecular flexibility index (Phi) is 3.96. The highest BCUT2D eigenvalue weighted by molar-refractivity contribution is 5.87. The Bertz CT molecular complexity index is 662. The first-order valence-corrected chi connectivity index (χ1v) is 7.39. The predicted octanol–water partition coefficient (Wildman–Crippen LogP) is 2.41. The van der Waals surface area contributed by atoms with Gasteiger partial charge in [-0.1, -0.05) is 12.1 Å². The summed E-state index contributed by atoms with van der Waals surface area (Å²) in [6, 6.07) is 11.9. The van der Waals surface area contributed by atoms with Crippen molar-refractivity contribution >= 4 is 17.5 Å². The maximum atomic E-state index is 10.9. The minimum absolute atomic E-state index is 0.224. The van der Waals surface area contributed by atoms with Crippen molar-refractivity contribution in [3.63, 3.8) is 0 Å². The largest absolute Gasteiger partial charge is 0.478 e. The number of nitrogens with zero attached hydrogens (tertiary/aromatic N) is 3. The second-order valence-electron chi connectivity index (χ2n) is 5.52. The van der Waals surface area contributed by atoms with E-state index in [0.717, 1.165) is 32.0 Å². The van der Waals surface area contributed by atoms with Crippen LogP contribution in [0.25, 0.3) is 0 Å². The first-order chi connectivity index (χ1) is 10.6. The van der Waals surface area contributed by atoms with Crippen LogP contribution in [0.3, 0.4) is 0 Å². The van der Waals surface area contributed by atoms with Gasteiger partial charge in [-0.05, 0) is 36.8 Å². The van der Waals surface area contributed by atoms with Crippen molar-refractivity contribution in [3.05, 3.63) is 53.7 Å². The van der Waals surface area contributed by atoms with Gasteiger partial charge in [-0.3, -0.25) is 0 Å². The molecule has 0 radical (unpaired) electrons. The van der Waals surface area contributed by atoms with Crippen LogP contribution in [0, 0.1) is 6.92 Å². The molecule has 0 unspecified atom stereocenters. The smallest absolute Gasteiger partial charge is 0.337 e. The van der Waals surface area contributed by atoms with Crippen LogP contribution in [-0.4, -0.2) is 42.2 Å². The number of carbonyl (C=O) groups is 1. The summed E-state index contributed by atoms with van der Waals surface area (Å²) in [6.45, 7) is 5.74. The number of aromatic carboxylic acids is 1. The number of hydrogen-bond donors (Lipinski definition) is 1. The molecule has 2 heterocycles. The molecule has 1 aliphatic rings. The van der Waals surface area contributed by atoms with E-state index in [-0.39, 0.29) is 5.56 Å². The molecule has 0 aliphatic carbocycles. The summed E-state index contributed by atoms with van der Waals surface area (Å²) in [5, 5.41) is 8.91. The quantitative estimate of drug-likeness (QED) is 0.943. The molecular formula is C17H19N3O2. The molecule has 5 heteroatoms. The molecule has 1 fully saturated rings. The van der Waals surface area contributed by atoms with Crippen LogP contribution in [0.2, 0.25) is 0 Å². The van der Waals surface area contributed by atoms with Gasteiger partial charge >= 0.3 is 5.97 Å². The minimum atomic E-state index is -0.941. The van der Waals surface area contributed by atoms with Crippen molar-refractivity contribution in [3.8, 4) is 0 Å². The zero-order valence-corrected chi connectivity index (χ0v) is 12.6. The lowest BCUT2D eigenvalue weighted by molar-refractivity contribution is 0.0696. The maximum absolute atomic E-state index is 10.9. The summed E-state index contributed by atoms with van der Waals surface area (Å²) in [6.07, 6.45) is 1.42. The molecule has 0 bridgehead atoms. The lowest BCUT2D eigenvalue weighted by Crippen LogP contribution is -2.46. The first-order valence-electron chi connectivity index (χ1n) is 7.39. The van der Waals surface area contributed by atoms with Crippen LogP contribution in [-0.2, 0) is 0 Å². The van der Waals surface area contributed by atoms with Gasteiger partial charge in [0.1, 0.15) is 5.82 Å². The summed E-state index contributed by atoms with van der Waals surface area (Å²) < 4.78 is 0. The number of aromatic nitrogens is 1. The van der Waals surface area contributed by atoms with Crippen LogP contribution in [0.5, 0.6) is 0 Å². The van der Waals surface area contributed by atoms with Crippen molar-refractivity contribution in [1.29, 1.82) is 0 Å². The van der Waals surface area contributed by atoms with E-state index in [9.17, 15) is 4.79 Å². The average molecular weight is 297 g/mol. The number of anilines is 2. The number of aryl methyl sites for hydroxylation is 1. The minimum Gasteiger partial charge on any atom is -0.478 e. The van der Waals surface area contributed by atoms with Crippen molar-refractivity contribution < 1.29 is 9.90 Å². The Labute approximate surface area is 129 Å². The van der Waals surface area contributed by atoms with E-state index in [1.807, 2.05) is 0 Å². The zero-order chi connectivity index (χ0) is 15.5. The fourth-order valence-electron chi connectivity index (χ4n) is 2.72. The molecule has 5 nitrogen and oxygen atoms in total. The number of carboxylic acid groups (broad SMARTS) is 1. The number of pyridine rings is 1. The lowest BCUT2D eigenvalue weighted by atomic mass is 10.2. The van der Waals surface area contributed by atoms with E-state index in [2.05, 4.69) is 46.0 Å². The average Bonchev–Trinajstić information content (AvgIpc) is 2.55. The van der Waals surface area contributed by atoms with E-state index in [1.165, 1.54) is 17.4 Å². The Balaban J connectivity index is 1.65. The molecule has 2 aromatic rings. The fourth-order valence-corrected chi connectivity index (χ4v) is 2.72.